The number of halogens is 3. The molecule has 0 aliphatic carbocycles. The summed E-state index contributed by atoms with van der Waals surface area (Å²) < 4.78 is 40.1. The van der Waals surface area contributed by atoms with Crippen molar-refractivity contribution in [1.29, 1.82) is 0 Å². The van der Waals surface area contributed by atoms with Crippen molar-refractivity contribution >= 4 is 5.91 Å². The smallest absolute Gasteiger partial charge is 0.328 e. The summed E-state index contributed by atoms with van der Waals surface area (Å²) in [6, 6.07) is 27.5. The highest BCUT2D eigenvalue weighted by Crippen LogP contribution is 2.32. The molecule has 0 bridgehead atoms. The van der Waals surface area contributed by atoms with E-state index in [-0.39, 0.29) is 12.5 Å². The number of carbonyl (C=O) groups excluding carboxylic acids is 1. The Bertz CT molecular complexity index is 887. The predicted octanol–water partition coefficient (Wildman–Crippen LogP) is 6.36. The zero-order valence-corrected chi connectivity index (χ0v) is 16.7. The van der Waals surface area contributed by atoms with Crippen LogP contribution in [0.15, 0.2) is 91.0 Å². The normalized spacial score (nSPS) is 12.6. The Hall–Kier alpha value is -3.08. The van der Waals surface area contributed by atoms with E-state index in [1.54, 1.807) is 37.3 Å². The number of alkyl halides is 3. The molecule has 0 aromatic heterocycles. The molecule has 0 heterocycles. The number of rotatable bonds is 7. The molecule has 0 aliphatic rings. The van der Waals surface area contributed by atoms with E-state index in [2.05, 4.69) is 0 Å². The summed E-state index contributed by atoms with van der Waals surface area (Å²) >= 11 is 0. The number of carbonyl (C=O) groups is 1. The third-order valence-electron chi connectivity index (χ3n) is 5.32. The van der Waals surface area contributed by atoms with Crippen molar-refractivity contribution in [3.8, 4) is 0 Å². The average Bonchev–Trinajstić information content (AvgIpc) is 2.77. The molecule has 0 saturated carbocycles. The van der Waals surface area contributed by atoms with Gasteiger partial charge in [0.15, 0.2) is 0 Å². The van der Waals surface area contributed by atoms with Crippen molar-refractivity contribution in [2.75, 3.05) is 6.54 Å². The number of hydrogen-bond acceptors (Lipinski definition) is 1. The van der Waals surface area contributed by atoms with Crippen LogP contribution in [0.2, 0.25) is 0 Å². The highest BCUT2D eigenvalue weighted by atomic mass is 19.4. The fourth-order valence-electron chi connectivity index (χ4n) is 3.71. The molecular weight excluding hydrogens is 387 g/mol. The van der Waals surface area contributed by atoms with E-state index < -0.39 is 18.1 Å². The lowest BCUT2D eigenvalue weighted by atomic mass is 9.88. The van der Waals surface area contributed by atoms with Gasteiger partial charge in [-0.05, 0) is 30.0 Å². The van der Waals surface area contributed by atoms with Gasteiger partial charge in [0.05, 0.1) is 6.04 Å². The molecule has 3 aromatic carbocycles. The summed E-state index contributed by atoms with van der Waals surface area (Å²) in [5, 5.41) is 0. The Morgan fingerprint density at radius 1 is 0.767 bits per heavy atom. The van der Waals surface area contributed by atoms with Gasteiger partial charge in [-0.2, -0.15) is 13.2 Å². The first-order valence-corrected chi connectivity index (χ1v) is 9.90. The summed E-state index contributed by atoms with van der Waals surface area (Å²) in [7, 11) is 0. The standard InChI is InChI=1S/C25H24F3NO/c1-19(20-11-5-2-6-12-20)29(24(30)25(26,27)28)18-17-23(21-13-7-3-8-14-21)22-15-9-4-10-16-22/h2-16,19,23H,17-18H2,1H3. The number of hydrogen-bond donors (Lipinski definition) is 0. The van der Waals surface area contributed by atoms with E-state index in [9.17, 15) is 18.0 Å². The minimum absolute atomic E-state index is 0.0111. The summed E-state index contributed by atoms with van der Waals surface area (Å²) in [4.78, 5) is 13.2. The third kappa shape index (κ3) is 5.29. The molecule has 0 fully saturated rings. The van der Waals surface area contributed by atoms with Crippen molar-refractivity contribution in [3.63, 3.8) is 0 Å². The summed E-state index contributed by atoms with van der Waals surface area (Å²) in [6.07, 6.45) is -4.54. The first kappa shape index (κ1) is 21.6. The van der Waals surface area contributed by atoms with Gasteiger partial charge in [0.1, 0.15) is 0 Å². The largest absolute Gasteiger partial charge is 0.471 e. The zero-order valence-electron chi connectivity index (χ0n) is 16.7. The molecule has 156 valence electrons. The zero-order chi connectivity index (χ0) is 21.6. The minimum atomic E-state index is -4.92. The van der Waals surface area contributed by atoms with Gasteiger partial charge in [-0.1, -0.05) is 91.0 Å². The molecule has 0 saturated heterocycles. The second kappa shape index (κ2) is 9.61. The van der Waals surface area contributed by atoms with E-state index in [0.717, 1.165) is 16.0 Å². The molecule has 1 amide bonds. The van der Waals surface area contributed by atoms with Crippen molar-refractivity contribution in [1.82, 2.24) is 4.90 Å². The fourth-order valence-corrected chi connectivity index (χ4v) is 3.71. The molecule has 3 aromatic rings. The third-order valence-corrected chi connectivity index (χ3v) is 5.32. The summed E-state index contributed by atoms with van der Waals surface area (Å²) in [5.74, 6) is -1.92. The highest BCUT2D eigenvalue weighted by molar-refractivity contribution is 5.82. The number of nitrogens with zero attached hydrogens (tertiary/aromatic N) is 1. The second-order valence-corrected chi connectivity index (χ2v) is 7.25. The Kier molecular flexibility index (Phi) is 6.93. The van der Waals surface area contributed by atoms with Crippen LogP contribution in [0.4, 0.5) is 13.2 Å². The Labute approximate surface area is 175 Å². The predicted molar refractivity (Wildman–Crippen MR) is 112 cm³/mol. The van der Waals surface area contributed by atoms with E-state index in [4.69, 9.17) is 0 Å². The van der Waals surface area contributed by atoms with Gasteiger partial charge in [0.25, 0.3) is 0 Å². The van der Waals surface area contributed by atoms with Crippen LogP contribution in [0, 0.1) is 0 Å². The molecule has 1 unspecified atom stereocenters. The molecule has 3 rings (SSSR count). The molecule has 0 radical (unpaired) electrons. The van der Waals surface area contributed by atoms with Gasteiger partial charge < -0.3 is 4.90 Å². The first-order chi connectivity index (χ1) is 14.4. The van der Waals surface area contributed by atoms with Crippen LogP contribution in [0.25, 0.3) is 0 Å². The van der Waals surface area contributed by atoms with Crippen LogP contribution < -0.4 is 0 Å². The maximum Gasteiger partial charge on any atom is 0.471 e. The van der Waals surface area contributed by atoms with E-state index in [1.165, 1.54) is 0 Å². The lowest BCUT2D eigenvalue weighted by Gasteiger charge is -2.32. The first-order valence-electron chi connectivity index (χ1n) is 9.90. The molecular formula is C25H24F3NO. The van der Waals surface area contributed by atoms with Crippen molar-refractivity contribution in [3.05, 3.63) is 108 Å². The number of amides is 1. The summed E-state index contributed by atoms with van der Waals surface area (Å²) in [5.41, 5.74) is 2.69. The van der Waals surface area contributed by atoms with Crippen molar-refractivity contribution in [2.24, 2.45) is 0 Å². The number of benzene rings is 3. The molecule has 0 spiro atoms. The summed E-state index contributed by atoms with van der Waals surface area (Å²) in [6.45, 7) is 1.63. The van der Waals surface area contributed by atoms with Crippen LogP contribution in [0.3, 0.4) is 0 Å². The van der Waals surface area contributed by atoms with Crippen LogP contribution in [-0.4, -0.2) is 23.5 Å². The molecule has 5 heteroatoms. The fraction of sp³-hybridized carbons (Fsp3) is 0.240. The van der Waals surface area contributed by atoms with E-state index in [0.29, 0.717) is 12.0 Å². The Morgan fingerprint density at radius 3 is 1.57 bits per heavy atom. The Balaban J connectivity index is 1.89. The average molecular weight is 411 g/mol. The highest BCUT2D eigenvalue weighted by Gasteiger charge is 2.44. The minimum Gasteiger partial charge on any atom is -0.328 e. The lowest BCUT2D eigenvalue weighted by molar-refractivity contribution is -0.187. The molecule has 30 heavy (non-hydrogen) atoms. The van der Waals surface area contributed by atoms with Gasteiger partial charge in [0.2, 0.25) is 0 Å². The van der Waals surface area contributed by atoms with Crippen LogP contribution >= 0.6 is 0 Å². The lowest BCUT2D eigenvalue weighted by Crippen LogP contribution is -2.43. The maximum atomic E-state index is 13.4. The SMILES string of the molecule is CC(c1ccccc1)N(CCC(c1ccccc1)c1ccccc1)C(=O)C(F)(F)F. The quantitative estimate of drug-likeness (QED) is 0.443. The van der Waals surface area contributed by atoms with E-state index in [1.807, 2.05) is 60.7 Å². The van der Waals surface area contributed by atoms with Crippen molar-refractivity contribution < 1.29 is 18.0 Å². The van der Waals surface area contributed by atoms with Crippen LogP contribution in [-0.2, 0) is 4.79 Å². The van der Waals surface area contributed by atoms with Crippen molar-refractivity contribution in [2.45, 2.75) is 31.5 Å². The Morgan fingerprint density at radius 2 is 1.17 bits per heavy atom. The van der Waals surface area contributed by atoms with Gasteiger partial charge >= 0.3 is 12.1 Å². The molecule has 1 atom stereocenters. The maximum absolute atomic E-state index is 13.4. The topological polar surface area (TPSA) is 20.3 Å². The monoisotopic (exact) mass is 411 g/mol. The van der Waals surface area contributed by atoms with Crippen LogP contribution in [0.5, 0.6) is 0 Å². The van der Waals surface area contributed by atoms with Crippen LogP contribution in [0.1, 0.15) is 42.0 Å². The second-order valence-electron chi connectivity index (χ2n) is 7.25. The van der Waals surface area contributed by atoms with Gasteiger partial charge in [-0.15, -0.1) is 0 Å². The molecule has 0 aliphatic heterocycles. The van der Waals surface area contributed by atoms with E-state index >= 15 is 0 Å². The van der Waals surface area contributed by atoms with Gasteiger partial charge in [0, 0.05) is 12.5 Å². The molecule has 2 nitrogen and oxygen atoms in total. The van der Waals surface area contributed by atoms with Gasteiger partial charge in [-0.3, -0.25) is 4.79 Å². The van der Waals surface area contributed by atoms with Gasteiger partial charge in [-0.25, -0.2) is 0 Å². The molecule has 0 N–H and O–H groups in total.